The molecule has 7 nitrogen and oxygen atoms in total. The van der Waals surface area contributed by atoms with Crippen LogP contribution in [0.25, 0.3) is 0 Å². The minimum atomic E-state index is -0.0610. The SMILES string of the molecule is O=C(CCCNC(=O)N1CCC[C@@H]1C1CCC1)Nc1cn[nH]c1. The van der Waals surface area contributed by atoms with E-state index in [9.17, 15) is 9.59 Å². The zero-order valence-electron chi connectivity index (χ0n) is 13.4. The molecule has 1 aromatic heterocycles. The van der Waals surface area contributed by atoms with Crippen molar-refractivity contribution in [1.29, 1.82) is 0 Å². The van der Waals surface area contributed by atoms with Gasteiger partial charge in [-0.15, -0.1) is 0 Å². The maximum Gasteiger partial charge on any atom is 0.317 e. The van der Waals surface area contributed by atoms with Crippen molar-refractivity contribution in [2.24, 2.45) is 5.92 Å². The Balaban J connectivity index is 1.33. The number of urea groups is 1. The van der Waals surface area contributed by atoms with Gasteiger partial charge in [0.2, 0.25) is 5.91 Å². The summed E-state index contributed by atoms with van der Waals surface area (Å²) < 4.78 is 0. The van der Waals surface area contributed by atoms with Crippen LogP contribution >= 0.6 is 0 Å². The highest BCUT2D eigenvalue weighted by atomic mass is 16.2. The Kier molecular flexibility index (Phi) is 5.15. The largest absolute Gasteiger partial charge is 0.338 e. The lowest BCUT2D eigenvalue weighted by atomic mass is 9.79. The first-order valence-electron chi connectivity index (χ1n) is 8.57. The van der Waals surface area contributed by atoms with Crippen molar-refractivity contribution in [2.75, 3.05) is 18.4 Å². The Labute approximate surface area is 136 Å². The van der Waals surface area contributed by atoms with Crippen LogP contribution in [0, 0.1) is 5.92 Å². The van der Waals surface area contributed by atoms with Gasteiger partial charge in [0.25, 0.3) is 0 Å². The Morgan fingerprint density at radius 3 is 2.87 bits per heavy atom. The fourth-order valence-electron chi connectivity index (χ4n) is 3.45. The topological polar surface area (TPSA) is 90.1 Å². The quantitative estimate of drug-likeness (QED) is 0.701. The number of nitrogens with zero attached hydrogens (tertiary/aromatic N) is 2. The molecule has 1 aromatic rings. The van der Waals surface area contributed by atoms with Crippen LogP contribution < -0.4 is 10.6 Å². The number of hydrogen-bond acceptors (Lipinski definition) is 3. The van der Waals surface area contributed by atoms with Crippen LogP contribution in [0.2, 0.25) is 0 Å². The number of aromatic nitrogens is 2. The first-order valence-corrected chi connectivity index (χ1v) is 8.57. The molecule has 0 aromatic carbocycles. The van der Waals surface area contributed by atoms with Crippen LogP contribution in [0.15, 0.2) is 12.4 Å². The second kappa shape index (κ2) is 7.48. The van der Waals surface area contributed by atoms with Gasteiger partial charge in [-0.1, -0.05) is 6.42 Å². The molecule has 0 spiro atoms. The summed E-state index contributed by atoms with van der Waals surface area (Å²) in [6, 6.07) is 0.475. The number of hydrogen-bond donors (Lipinski definition) is 3. The van der Waals surface area contributed by atoms with Crippen LogP contribution in [-0.4, -0.2) is 46.2 Å². The van der Waals surface area contributed by atoms with Crippen LogP contribution in [0.1, 0.15) is 44.9 Å². The molecule has 1 saturated carbocycles. The summed E-state index contributed by atoms with van der Waals surface area (Å²) in [5.74, 6) is 0.651. The van der Waals surface area contributed by atoms with Crippen molar-refractivity contribution in [3.05, 3.63) is 12.4 Å². The molecule has 23 heavy (non-hydrogen) atoms. The van der Waals surface area contributed by atoms with E-state index in [4.69, 9.17) is 0 Å². The molecule has 0 unspecified atom stereocenters. The smallest absolute Gasteiger partial charge is 0.317 e. The van der Waals surface area contributed by atoms with Crippen LogP contribution in [0.4, 0.5) is 10.5 Å². The number of anilines is 1. The molecular weight excluding hydrogens is 294 g/mol. The summed E-state index contributed by atoms with van der Waals surface area (Å²) in [6.07, 6.45) is 10.3. The van der Waals surface area contributed by atoms with Gasteiger partial charge in [0.05, 0.1) is 11.9 Å². The zero-order valence-corrected chi connectivity index (χ0v) is 13.4. The summed E-state index contributed by atoms with van der Waals surface area (Å²) in [7, 11) is 0. The van der Waals surface area contributed by atoms with Crippen LogP contribution in [-0.2, 0) is 4.79 Å². The van der Waals surface area contributed by atoms with Crippen molar-refractivity contribution in [3.8, 4) is 0 Å². The highest BCUT2D eigenvalue weighted by molar-refractivity contribution is 5.90. The molecule has 2 aliphatic rings. The third-order valence-corrected chi connectivity index (χ3v) is 4.89. The van der Waals surface area contributed by atoms with E-state index in [0.29, 0.717) is 37.0 Å². The lowest BCUT2D eigenvalue weighted by Gasteiger charge is -2.36. The number of carbonyl (C=O) groups is 2. The minimum Gasteiger partial charge on any atom is -0.338 e. The standard InChI is InChI=1S/C16H25N5O2/c22-15(20-13-10-18-19-11-13)7-2-8-17-16(23)21-9-3-6-14(21)12-4-1-5-12/h10-12,14H,1-9H2,(H,17,23)(H,18,19)(H,20,22)/t14-/m1/s1. The Bertz CT molecular complexity index is 527. The van der Waals surface area contributed by atoms with Gasteiger partial charge in [-0.3, -0.25) is 9.89 Å². The molecule has 3 rings (SSSR count). The first-order chi connectivity index (χ1) is 11.2. The molecular formula is C16H25N5O2. The molecule has 3 amide bonds. The summed E-state index contributed by atoms with van der Waals surface area (Å²) in [4.78, 5) is 26.0. The van der Waals surface area contributed by atoms with Gasteiger partial charge in [-0.05, 0) is 38.0 Å². The van der Waals surface area contributed by atoms with Crippen LogP contribution in [0.5, 0.6) is 0 Å². The molecule has 1 saturated heterocycles. The Hall–Kier alpha value is -2.05. The zero-order chi connectivity index (χ0) is 16.1. The fraction of sp³-hybridized carbons (Fsp3) is 0.688. The summed E-state index contributed by atoms with van der Waals surface area (Å²) >= 11 is 0. The van der Waals surface area contributed by atoms with E-state index in [-0.39, 0.29) is 11.9 Å². The number of nitrogens with one attached hydrogen (secondary N) is 3. The van der Waals surface area contributed by atoms with E-state index in [1.807, 2.05) is 4.90 Å². The second-order valence-corrected chi connectivity index (χ2v) is 6.46. The van der Waals surface area contributed by atoms with Crippen molar-refractivity contribution < 1.29 is 9.59 Å². The fourth-order valence-corrected chi connectivity index (χ4v) is 3.45. The first kappa shape index (κ1) is 15.8. The highest BCUT2D eigenvalue weighted by Gasteiger charge is 2.37. The van der Waals surface area contributed by atoms with E-state index in [1.54, 1.807) is 12.4 Å². The summed E-state index contributed by atoms with van der Waals surface area (Å²) in [5.41, 5.74) is 0.666. The van der Waals surface area contributed by atoms with E-state index in [2.05, 4.69) is 20.8 Å². The molecule has 126 valence electrons. The second-order valence-electron chi connectivity index (χ2n) is 6.46. The summed E-state index contributed by atoms with van der Waals surface area (Å²) in [5, 5.41) is 12.1. The molecule has 3 N–H and O–H groups in total. The van der Waals surface area contributed by atoms with Crippen molar-refractivity contribution in [2.45, 2.75) is 51.0 Å². The lowest BCUT2D eigenvalue weighted by molar-refractivity contribution is -0.116. The predicted molar refractivity (Wildman–Crippen MR) is 86.9 cm³/mol. The van der Waals surface area contributed by atoms with E-state index in [0.717, 1.165) is 19.4 Å². The minimum absolute atomic E-state index is 0.0367. The number of H-pyrrole nitrogens is 1. The van der Waals surface area contributed by atoms with E-state index < -0.39 is 0 Å². The molecule has 2 fully saturated rings. The summed E-state index contributed by atoms with van der Waals surface area (Å²) in [6.45, 7) is 1.40. The van der Waals surface area contributed by atoms with E-state index >= 15 is 0 Å². The maximum absolute atomic E-state index is 12.3. The molecule has 0 bridgehead atoms. The predicted octanol–water partition coefficient (Wildman–Crippen LogP) is 2.10. The number of aromatic amines is 1. The molecule has 7 heteroatoms. The molecule has 0 radical (unpaired) electrons. The third kappa shape index (κ3) is 4.03. The van der Waals surface area contributed by atoms with Gasteiger partial charge < -0.3 is 15.5 Å². The van der Waals surface area contributed by atoms with Gasteiger partial charge >= 0.3 is 6.03 Å². The average Bonchev–Trinajstić information content (AvgIpc) is 3.13. The average molecular weight is 319 g/mol. The monoisotopic (exact) mass is 319 g/mol. The Morgan fingerprint density at radius 2 is 2.17 bits per heavy atom. The van der Waals surface area contributed by atoms with Gasteiger partial charge in [0, 0.05) is 31.7 Å². The normalized spacial score (nSPS) is 21.0. The molecule has 1 aliphatic carbocycles. The van der Waals surface area contributed by atoms with Crippen molar-refractivity contribution in [3.63, 3.8) is 0 Å². The van der Waals surface area contributed by atoms with Gasteiger partial charge in [0.15, 0.2) is 0 Å². The highest BCUT2D eigenvalue weighted by Crippen LogP contribution is 2.37. The molecule has 1 aliphatic heterocycles. The lowest BCUT2D eigenvalue weighted by Crippen LogP contribution is -2.47. The molecule has 2 heterocycles. The van der Waals surface area contributed by atoms with Gasteiger partial charge in [-0.2, -0.15) is 5.10 Å². The van der Waals surface area contributed by atoms with Crippen LogP contribution in [0.3, 0.4) is 0 Å². The maximum atomic E-state index is 12.3. The molecule has 1 atom stereocenters. The van der Waals surface area contributed by atoms with Gasteiger partial charge in [-0.25, -0.2) is 4.79 Å². The van der Waals surface area contributed by atoms with Crippen molar-refractivity contribution >= 4 is 17.6 Å². The number of amides is 3. The third-order valence-electron chi connectivity index (χ3n) is 4.89. The van der Waals surface area contributed by atoms with Gasteiger partial charge in [0.1, 0.15) is 0 Å². The van der Waals surface area contributed by atoms with Crippen molar-refractivity contribution in [1.82, 2.24) is 20.4 Å². The number of likely N-dealkylation sites (tertiary alicyclic amines) is 1. The number of carbonyl (C=O) groups excluding carboxylic acids is 2. The Morgan fingerprint density at radius 1 is 1.30 bits per heavy atom. The van der Waals surface area contributed by atoms with E-state index in [1.165, 1.54) is 19.3 Å². The number of rotatable bonds is 6.